The quantitative estimate of drug-likeness (QED) is 0.154. The number of anilines is 3. The zero-order valence-corrected chi connectivity index (χ0v) is 31.3. The number of hydrogen-bond donors (Lipinski definition) is 0. The Labute approximate surface area is 332 Å². The Morgan fingerprint density at radius 3 is 1.37 bits per heavy atom. The number of fused-ring (bicyclic) bond motifs is 7. The molecule has 0 bridgehead atoms. The van der Waals surface area contributed by atoms with Gasteiger partial charge in [-0.15, -0.1) is 0 Å². The Kier molecular flexibility index (Phi) is 7.89. The van der Waals surface area contributed by atoms with E-state index in [1.807, 2.05) is 0 Å². The minimum atomic E-state index is 1.10. The SMILES string of the molecule is c1ccc(N(c2ccc(-c3cccc4ccccc34)cc2)c2ccccc2-c2cccc3ccccc23)c(-c2ccc3c(ccc4c5ccccc5ccc34)c2)c1. The van der Waals surface area contributed by atoms with Gasteiger partial charge >= 0.3 is 0 Å². The van der Waals surface area contributed by atoms with Gasteiger partial charge in [0, 0.05) is 16.8 Å². The molecule has 266 valence electrons. The lowest BCUT2D eigenvalue weighted by atomic mass is 9.93. The fraction of sp³-hybridized carbons (Fsp3) is 0. The smallest absolute Gasteiger partial charge is 0.0540 e. The molecule has 11 aromatic rings. The normalized spacial score (nSPS) is 11.5. The molecule has 0 aliphatic heterocycles. The van der Waals surface area contributed by atoms with Gasteiger partial charge in [0.05, 0.1) is 11.4 Å². The Balaban J connectivity index is 1.11. The van der Waals surface area contributed by atoms with Crippen molar-refractivity contribution in [1.82, 2.24) is 0 Å². The van der Waals surface area contributed by atoms with Crippen molar-refractivity contribution in [2.24, 2.45) is 0 Å². The molecule has 57 heavy (non-hydrogen) atoms. The number of para-hydroxylation sites is 2. The lowest BCUT2D eigenvalue weighted by molar-refractivity contribution is 1.28. The van der Waals surface area contributed by atoms with Crippen molar-refractivity contribution >= 4 is 70.9 Å². The Morgan fingerprint density at radius 2 is 0.667 bits per heavy atom. The maximum absolute atomic E-state index is 2.45. The Bertz CT molecular complexity index is 3290. The Hall–Kier alpha value is -7.48. The topological polar surface area (TPSA) is 3.24 Å². The first-order valence-electron chi connectivity index (χ1n) is 19.7. The van der Waals surface area contributed by atoms with Gasteiger partial charge in [0.1, 0.15) is 0 Å². The highest BCUT2D eigenvalue weighted by Gasteiger charge is 2.21. The molecular formula is C56H37N. The summed E-state index contributed by atoms with van der Waals surface area (Å²) in [6.07, 6.45) is 0. The standard InChI is InChI=1S/C56H37N/c1-4-18-45-38(13-1)16-11-23-46(45)41-27-32-44(33-28-41)57(56-26-10-8-22-54(56)51-24-12-17-39-14-2-5-19-47(39)51)55-25-9-7-21-50(55)43-30-34-49-42(37-43)31-36-52-48-20-6-3-15-40(48)29-35-53(49)52/h1-37H. The first-order valence-corrected chi connectivity index (χ1v) is 19.7. The highest BCUT2D eigenvalue weighted by Crippen LogP contribution is 2.47. The number of rotatable bonds is 6. The minimum Gasteiger partial charge on any atom is -0.309 e. The van der Waals surface area contributed by atoms with E-state index in [1.165, 1.54) is 87.2 Å². The molecule has 0 fully saturated rings. The molecule has 0 saturated heterocycles. The summed E-state index contributed by atoms with van der Waals surface area (Å²) >= 11 is 0. The minimum absolute atomic E-state index is 1.10. The molecule has 0 heterocycles. The van der Waals surface area contributed by atoms with E-state index in [2.05, 4.69) is 229 Å². The van der Waals surface area contributed by atoms with E-state index in [9.17, 15) is 0 Å². The summed E-state index contributed by atoms with van der Waals surface area (Å²) in [5.74, 6) is 0. The summed E-state index contributed by atoms with van der Waals surface area (Å²) in [7, 11) is 0. The van der Waals surface area contributed by atoms with Crippen LogP contribution in [0.4, 0.5) is 17.1 Å². The van der Waals surface area contributed by atoms with Crippen molar-refractivity contribution in [3.63, 3.8) is 0 Å². The van der Waals surface area contributed by atoms with Crippen molar-refractivity contribution in [3.8, 4) is 33.4 Å². The molecule has 1 nitrogen and oxygen atoms in total. The third-order valence-corrected chi connectivity index (χ3v) is 11.6. The van der Waals surface area contributed by atoms with Crippen LogP contribution < -0.4 is 4.90 Å². The van der Waals surface area contributed by atoms with E-state index >= 15 is 0 Å². The van der Waals surface area contributed by atoms with E-state index in [4.69, 9.17) is 0 Å². The predicted octanol–water partition coefficient (Wildman–Crippen LogP) is 15.9. The van der Waals surface area contributed by atoms with Gasteiger partial charge in [-0.25, -0.2) is 0 Å². The molecule has 11 rings (SSSR count). The molecule has 0 unspecified atom stereocenters. The van der Waals surface area contributed by atoms with Crippen LogP contribution in [0, 0.1) is 0 Å². The average molecular weight is 724 g/mol. The van der Waals surface area contributed by atoms with Crippen molar-refractivity contribution < 1.29 is 0 Å². The van der Waals surface area contributed by atoms with Crippen LogP contribution in [-0.4, -0.2) is 0 Å². The van der Waals surface area contributed by atoms with Crippen LogP contribution in [0.2, 0.25) is 0 Å². The largest absolute Gasteiger partial charge is 0.309 e. The summed E-state index contributed by atoms with van der Waals surface area (Å²) < 4.78 is 0. The summed E-state index contributed by atoms with van der Waals surface area (Å²) in [6, 6.07) is 82.1. The van der Waals surface area contributed by atoms with Gasteiger partial charge in [-0.2, -0.15) is 0 Å². The van der Waals surface area contributed by atoms with Crippen molar-refractivity contribution in [2.75, 3.05) is 4.90 Å². The zero-order chi connectivity index (χ0) is 37.7. The summed E-state index contributed by atoms with van der Waals surface area (Å²) in [4.78, 5) is 2.45. The second-order valence-corrected chi connectivity index (χ2v) is 14.9. The van der Waals surface area contributed by atoms with Gasteiger partial charge in [-0.1, -0.05) is 194 Å². The monoisotopic (exact) mass is 723 g/mol. The molecule has 0 saturated carbocycles. The first kappa shape index (κ1) is 32.9. The zero-order valence-electron chi connectivity index (χ0n) is 31.3. The summed E-state index contributed by atoms with van der Waals surface area (Å²) in [5.41, 5.74) is 10.5. The second-order valence-electron chi connectivity index (χ2n) is 14.9. The van der Waals surface area contributed by atoms with E-state index < -0.39 is 0 Å². The van der Waals surface area contributed by atoms with Crippen LogP contribution in [0.3, 0.4) is 0 Å². The molecule has 0 aliphatic carbocycles. The fourth-order valence-electron chi connectivity index (χ4n) is 8.94. The third kappa shape index (κ3) is 5.63. The number of nitrogens with zero attached hydrogens (tertiary/aromatic N) is 1. The molecule has 0 aromatic heterocycles. The highest BCUT2D eigenvalue weighted by molar-refractivity contribution is 6.17. The maximum Gasteiger partial charge on any atom is 0.0540 e. The van der Waals surface area contributed by atoms with E-state index in [0.717, 1.165) is 17.1 Å². The molecular weight excluding hydrogens is 687 g/mol. The van der Waals surface area contributed by atoms with Gasteiger partial charge in [0.15, 0.2) is 0 Å². The van der Waals surface area contributed by atoms with Gasteiger partial charge in [0.2, 0.25) is 0 Å². The molecule has 11 aromatic carbocycles. The van der Waals surface area contributed by atoms with Crippen molar-refractivity contribution in [2.45, 2.75) is 0 Å². The average Bonchev–Trinajstić information content (AvgIpc) is 3.29. The first-order chi connectivity index (χ1) is 28.3. The van der Waals surface area contributed by atoms with Gasteiger partial charge in [0.25, 0.3) is 0 Å². The van der Waals surface area contributed by atoms with E-state index in [-0.39, 0.29) is 0 Å². The fourth-order valence-corrected chi connectivity index (χ4v) is 8.94. The lowest BCUT2D eigenvalue weighted by Crippen LogP contribution is -2.12. The summed E-state index contributed by atoms with van der Waals surface area (Å²) in [5, 5.41) is 12.6. The molecule has 1 heteroatoms. The third-order valence-electron chi connectivity index (χ3n) is 11.6. The van der Waals surface area contributed by atoms with Gasteiger partial charge in [-0.3, -0.25) is 0 Å². The number of hydrogen-bond acceptors (Lipinski definition) is 1. The molecule has 0 atom stereocenters. The van der Waals surface area contributed by atoms with Crippen LogP contribution in [0.5, 0.6) is 0 Å². The van der Waals surface area contributed by atoms with E-state index in [1.54, 1.807) is 0 Å². The Morgan fingerprint density at radius 1 is 0.228 bits per heavy atom. The maximum atomic E-state index is 2.45. The summed E-state index contributed by atoms with van der Waals surface area (Å²) in [6.45, 7) is 0. The van der Waals surface area contributed by atoms with E-state index in [0.29, 0.717) is 0 Å². The van der Waals surface area contributed by atoms with Crippen LogP contribution in [0.1, 0.15) is 0 Å². The predicted molar refractivity (Wildman–Crippen MR) is 245 cm³/mol. The molecule has 0 amide bonds. The van der Waals surface area contributed by atoms with Crippen LogP contribution >= 0.6 is 0 Å². The van der Waals surface area contributed by atoms with Crippen molar-refractivity contribution in [3.05, 3.63) is 224 Å². The highest BCUT2D eigenvalue weighted by atomic mass is 15.1. The molecule has 0 spiro atoms. The number of benzene rings is 11. The molecule has 0 radical (unpaired) electrons. The van der Waals surface area contributed by atoms with Gasteiger partial charge < -0.3 is 4.90 Å². The van der Waals surface area contributed by atoms with Crippen LogP contribution in [0.15, 0.2) is 224 Å². The molecule has 0 N–H and O–H groups in total. The van der Waals surface area contributed by atoms with Crippen molar-refractivity contribution in [1.29, 1.82) is 0 Å². The van der Waals surface area contributed by atoms with Crippen LogP contribution in [-0.2, 0) is 0 Å². The lowest BCUT2D eigenvalue weighted by Gasteiger charge is -2.30. The second kappa shape index (κ2) is 13.7. The van der Waals surface area contributed by atoms with Crippen LogP contribution in [0.25, 0.3) is 87.2 Å². The molecule has 0 aliphatic rings. The van der Waals surface area contributed by atoms with Gasteiger partial charge in [-0.05, 0) is 106 Å².